The van der Waals surface area contributed by atoms with Crippen molar-refractivity contribution in [3.63, 3.8) is 0 Å². The first-order valence-electron chi connectivity index (χ1n) is 18.5. The first-order valence-corrected chi connectivity index (χ1v) is 19.3. The van der Waals surface area contributed by atoms with Crippen molar-refractivity contribution in [3.8, 4) is 33.4 Å². The van der Waals surface area contributed by atoms with Gasteiger partial charge >= 0.3 is 0 Å². The fourth-order valence-corrected chi connectivity index (χ4v) is 10.3. The van der Waals surface area contributed by atoms with Crippen LogP contribution in [0.25, 0.3) is 119 Å². The Labute approximate surface area is 314 Å². The molecule has 1 nitrogen and oxygen atoms in total. The van der Waals surface area contributed by atoms with Crippen molar-refractivity contribution in [1.82, 2.24) is 0 Å². The fourth-order valence-electron chi connectivity index (χ4n) is 9.05. The molecule has 0 saturated carbocycles. The second kappa shape index (κ2) is 11.4. The maximum absolute atomic E-state index is 6.47. The average Bonchev–Trinajstić information content (AvgIpc) is 3.81. The van der Waals surface area contributed by atoms with Crippen LogP contribution in [0, 0.1) is 0 Å². The topological polar surface area (TPSA) is 13.1 Å². The van der Waals surface area contributed by atoms with E-state index in [0.717, 1.165) is 16.6 Å². The van der Waals surface area contributed by atoms with Crippen LogP contribution in [0.15, 0.2) is 186 Å². The molecule has 0 saturated heterocycles. The lowest BCUT2D eigenvalue weighted by Gasteiger charge is -2.19. The molecule has 12 aromatic rings. The lowest BCUT2D eigenvalue weighted by Crippen LogP contribution is -1.91. The number of thiophene rings is 1. The summed E-state index contributed by atoms with van der Waals surface area (Å²) in [5.74, 6) is 0. The quantitative estimate of drug-likeness (QED) is 0.167. The van der Waals surface area contributed by atoms with E-state index in [0.29, 0.717) is 0 Å². The maximum Gasteiger partial charge on any atom is 0.136 e. The highest BCUT2D eigenvalue weighted by atomic mass is 32.1. The van der Waals surface area contributed by atoms with Crippen molar-refractivity contribution in [2.24, 2.45) is 0 Å². The number of furan rings is 1. The molecule has 0 unspecified atom stereocenters. The van der Waals surface area contributed by atoms with Gasteiger partial charge in [0.05, 0.1) is 0 Å². The van der Waals surface area contributed by atoms with Gasteiger partial charge in [0, 0.05) is 30.9 Å². The van der Waals surface area contributed by atoms with Crippen LogP contribution in [-0.4, -0.2) is 0 Å². The third-order valence-electron chi connectivity index (χ3n) is 11.5. The van der Waals surface area contributed by atoms with Gasteiger partial charge < -0.3 is 4.42 Å². The van der Waals surface area contributed by atoms with Gasteiger partial charge in [0.25, 0.3) is 0 Å². The zero-order valence-corrected chi connectivity index (χ0v) is 30.0. The van der Waals surface area contributed by atoms with Gasteiger partial charge in [-0.2, -0.15) is 0 Å². The van der Waals surface area contributed by atoms with Crippen molar-refractivity contribution in [1.29, 1.82) is 0 Å². The van der Waals surface area contributed by atoms with E-state index in [9.17, 15) is 0 Å². The Bertz CT molecular complexity index is 3430. The van der Waals surface area contributed by atoms with E-state index < -0.39 is 0 Å². The van der Waals surface area contributed by atoms with Gasteiger partial charge in [0.2, 0.25) is 0 Å². The number of rotatable bonds is 3. The van der Waals surface area contributed by atoms with Crippen molar-refractivity contribution in [2.75, 3.05) is 0 Å². The average molecular weight is 703 g/mol. The molecule has 0 radical (unpaired) electrons. The van der Waals surface area contributed by atoms with Crippen LogP contribution in [0.5, 0.6) is 0 Å². The fraction of sp³-hybridized carbons (Fsp3) is 0. The maximum atomic E-state index is 6.47. The van der Waals surface area contributed by atoms with Crippen LogP contribution < -0.4 is 0 Å². The minimum Gasteiger partial charge on any atom is -0.456 e. The lowest BCUT2D eigenvalue weighted by molar-refractivity contribution is 0.669. The summed E-state index contributed by atoms with van der Waals surface area (Å²) in [4.78, 5) is 0. The Hall–Kier alpha value is -6.74. The van der Waals surface area contributed by atoms with E-state index in [1.54, 1.807) is 0 Å². The van der Waals surface area contributed by atoms with Crippen LogP contribution >= 0.6 is 11.3 Å². The molecule has 2 heterocycles. The van der Waals surface area contributed by atoms with Gasteiger partial charge in [-0.15, -0.1) is 11.3 Å². The van der Waals surface area contributed by atoms with Crippen LogP contribution in [0.1, 0.15) is 0 Å². The van der Waals surface area contributed by atoms with E-state index in [1.165, 1.54) is 102 Å². The highest BCUT2D eigenvalue weighted by Gasteiger charge is 2.19. The van der Waals surface area contributed by atoms with Crippen molar-refractivity contribution < 1.29 is 4.42 Å². The molecular weight excluding hydrogens is 673 g/mol. The highest BCUT2D eigenvalue weighted by Crippen LogP contribution is 2.47. The van der Waals surface area contributed by atoms with Crippen molar-refractivity contribution in [3.05, 3.63) is 182 Å². The van der Waals surface area contributed by atoms with Gasteiger partial charge in [-0.3, -0.25) is 0 Å². The Morgan fingerprint density at radius 1 is 0.333 bits per heavy atom. The third kappa shape index (κ3) is 4.26. The summed E-state index contributed by atoms with van der Waals surface area (Å²) >= 11 is 1.87. The van der Waals surface area contributed by atoms with E-state index in [-0.39, 0.29) is 0 Å². The minimum atomic E-state index is 0.921. The summed E-state index contributed by atoms with van der Waals surface area (Å²) in [6.07, 6.45) is 0. The molecule has 0 fully saturated rings. The standard InChI is InChI=1S/C52H30OS/c1-3-13-36-32(10-1)12-9-19-38(36)49-41-17-7-5-15-39(41)48(40-16-6-8-18-42(40)49)34-22-20-31(21-23-34)35-24-27-45-44(30-35)51-46(53-45)28-26-43-50-37-14-4-2-11-33(37)25-29-47(50)54-52(43)51/h1-30H. The molecule has 250 valence electrons. The van der Waals surface area contributed by atoms with Crippen LogP contribution in [0.4, 0.5) is 0 Å². The molecule has 0 aliphatic heterocycles. The van der Waals surface area contributed by atoms with E-state index in [2.05, 4.69) is 182 Å². The molecule has 2 heteroatoms. The second-order valence-corrected chi connectivity index (χ2v) is 15.4. The molecule has 0 atom stereocenters. The van der Waals surface area contributed by atoms with Crippen LogP contribution in [0.3, 0.4) is 0 Å². The third-order valence-corrected chi connectivity index (χ3v) is 12.6. The van der Waals surface area contributed by atoms with Crippen molar-refractivity contribution in [2.45, 2.75) is 0 Å². The van der Waals surface area contributed by atoms with Crippen LogP contribution in [0.2, 0.25) is 0 Å². The van der Waals surface area contributed by atoms with Gasteiger partial charge in [0.1, 0.15) is 11.2 Å². The second-order valence-electron chi connectivity index (χ2n) is 14.3. The molecule has 2 aromatic heterocycles. The number of benzene rings is 10. The van der Waals surface area contributed by atoms with Gasteiger partial charge in [0.15, 0.2) is 0 Å². The first kappa shape index (κ1) is 29.8. The Kier molecular flexibility index (Phi) is 6.28. The number of hydrogen-bond acceptors (Lipinski definition) is 2. The molecule has 54 heavy (non-hydrogen) atoms. The number of hydrogen-bond donors (Lipinski definition) is 0. The largest absolute Gasteiger partial charge is 0.456 e. The molecular formula is C52H30OS. The SMILES string of the molecule is c1ccc2c(-c3c4ccccc4c(-c4ccc(-c5ccc6oc7ccc8c(sc9ccc%10ccccc%10c98)c7c6c5)cc4)c4ccccc34)cccc2c1. The van der Waals surface area contributed by atoms with Gasteiger partial charge in [-0.1, -0.05) is 152 Å². The molecule has 0 bridgehead atoms. The molecule has 0 amide bonds. The highest BCUT2D eigenvalue weighted by molar-refractivity contribution is 7.27. The summed E-state index contributed by atoms with van der Waals surface area (Å²) < 4.78 is 9.06. The van der Waals surface area contributed by atoms with Crippen molar-refractivity contribution >= 4 is 96.5 Å². The summed E-state index contributed by atoms with van der Waals surface area (Å²) in [6.45, 7) is 0. The summed E-state index contributed by atoms with van der Waals surface area (Å²) in [5.41, 5.74) is 9.27. The predicted molar refractivity (Wildman–Crippen MR) is 233 cm³/mol. The zero-order chi connectivity index (χ0) is 35.3. The first-order chi connectivity index (χ1) is 26.8. The molecule has 0 N–H and O–H groups in total. The van der Waals surface area contributed by atoms with E-state index in [1.807, 2.05) is 11.3 Å². The predicted octanol–water partition coefficient (Wildman–Crippen LogP) is 15.6. The monoisotopic (exact) mass is 702 g/mol. The smallest absolute Gasteiger partial charge is 0.136 e. The summed E-state index contributed by atoms with van der Waals surface area (Å²) in [5, 5.41) is 15.2. The lowest BCUT2D eigenvalue weighted by atomic mass is 9.84. The molecule has 0 aliphatic carbocycles. The van der Waals surface area contributed by atoms with E-state index in [4.69, 9.17) is 4.42 Å². The molecule has 10 aromatic carbocycles. The van der Waals surface area contributed by atoms with Gasteiger partial charge in [-0.25, -0.2) is 0 Å². The minimum absolute atomic E-state index is 0.921. The Balaban J connectivity index is 1.02. The summed E-state index contributed by atoms with van der Waals surface area (Å²) in [6, 6.07) is 66.6. The normalized spacial score (nSPS) is 12.1. The molecule has 0 spiro atoms. The summed E-state index contributed by atoms with van der Waals surface area (Å²) in [7, 11) is 0. The zero-order valence-electron chi connectivity index (χ0n) is 29.1. The van der Waals surface area contributed by atoms with E-state index >= 15 is 0 Å². The Morgan fingerprint density at radius 3 is 1.65 bits per heavy atom. The molecule has 12 rings (SSSR count). The number of fused-ring (bicyclic) bond motifs is 12. The molecule has 0 aliphatic rings. The van der Waals surface area contributed by atoms with Crippen LogP contribution in [-0.2, 0) is 0 Å². The van der Waals surface area contributed by atoms with Gasteiger partial charge in [-0.05, 0) is 107 Å². The Morgan fingerprint density at radius 2 is 0.907 bits per heavy atom.